The van der Waals surface area contributed by atoms with E-state index in [9.17, 15) is 4.79 Å². The lowest BCUT2D eigenvalue weighted by Crippen LogP contribution is -2.06. The number of rotatable bonds is 5. The molecule has 4 nitrogen and oxygen atoms in total. The summed E-state index contributed by atoms with van der Waals surface area (Å²) < 4.78 is 0.729. The minimum Gasteiger partial charge on any atom is -0.340 e. The number of carbonyl (C=O) groups is 1. The summed E-state index contributed by atoms with van der Waals surface area (Å²) in [5, 5.41) is 12.2. The fraction of sp³-hybridized carbons (Fsp3) is 0.278. The van der Waals surface area contributed by atoms with Crippen LogP contribution >= 0.6 is 15.9 Å². The molecule has 0 fully saturated rings. The SMILES string of the molecule is CCC(C)c1cc(Nc2ccc(C#N)c(Br)c2)ncc1C(C)=O. The molecule has 0 spiro atoms. The van der Waals surface area contributed by atoms with Crippen molar-refractivity contribution in [2.45, 2.75) is 33.1 Å². The zero-order chi connectivity index (χ0) is 17.0. The van der Waals surface area contributed by atoms with E-state index in [4.69, 9.17) is 5.26 Å². The number of halogens is 1. The van der Waals surface area contributed by atoms with Crippen LogP contribution in [0.5, 0.6) is 0 Å². The molecular weight excluding hydrogens is 354 g/mol. The highest BCUT2D eigenvalue weighted by Crippen LogP contribution is 2.27. The average molecular weight is 372 g/mol. The summed E-state index contributed by atoms with van der Waals surface area (Å²) in [5.74, 6) is 0.993. The highest BCUT2D eigenvalue weighted by Gasteiger charge is 2.14. The number of nitriles is 1. The van der Waals surface area contributed by atoms with Crippen molar-refractivity contribution in [1.82, 2.24) is 4.98 Å². The topological polar surface area (TPSA) is 65.8 Å². The van der Waals surface area contributed by atoms with Gasteiger partial charge in [-0.2, -0.15) is 5.26 Å². The third kappa shape index (κ3) is 3.96. The number of nitrogens with one attached hydrogen (secondary N) is 1. The first kappa shape index (κ1) is 17.2. The minimum absolute atomic E-state index is 0.0282. The van der Waals surface area contributed by atoms with Gasteiger partial charge in [0.15, 0.2) is 5.78 Å². The molecule has 2 rings (SSSR count). The number of carbonyl (C=O) groups excluding carboxylic acids is 1. The molecule has 0 bridgehead atoms. The van der Waals surface area contributed by atoms with Crippen LogP contribution in [-0.2, 0) is 0 Å². The van der Waals surface area contributed by atoms with E-state index in [1.807, 2.05) is 18.2 Å². The maximum atomic E-state index is 11.8. The molecule has 0 aliphatic rings. The summed E-state index contributed by atoms with van der Waals surface area (Å²) in [5.41, 5.74) is 3.08. The van der Waals surface area contributed by atoms with Crippen molar-refractivity contribution in [2.24, 2.45) is 0 Å². The second kappa shape index (κ2) is 7.38. The Morgan fingerprint density at radius 3 is 2.74 bits per heavy atom. The number of nitrogens with zero attached hydrogens (tertiary/aromatic N) is 2. The van der Waals surface area contributed by atoms with Crippen LogP contribution in [0.25, 0.3) is 0 Å². The largest absolute Gasteiger partial charge is 0.340 e. The van der Waals surface area contributed by atoms with Gasteiger partial charge in [-0.15, -0.1) is 0 Å². The van der Waals surface area contributed by atoms with Crippen molar-refractivity contribution in [1.29, 1.82) is 5.26 Å². The summed E-state index contributed by atoms with van der Waals surface area (Å²) in [6.45, 7) is 5.76. The summed E-state index contributed by atoms with van der Waals surface area (Å²) in [4.78, 5) is 16.1. The number of pyridine rings is 1. The molecule has 0 radical (unpaired) electrons. The molecule has 5 heteroatoms. The number of benzene rings is 1. The van der Waals surface area contributed by atoms with Crippen LogP contribution in [0.15, 0.2) is 34.9 Å². The smallest absolute Gasteiger partial charge is 0.161 e. The molecule has 0 amide bonds. The van der Waals surface area contributed by atoms with E-state index in [1.54, 1.807) is 19.2 Å². The maximum absolute atomic E-state index is 11.8. The molecule has 1 heterocycles. The van der Waals surface area contributed by atoms with Gasteiger partial charge < -0.3 is 5.32 Å². The molecule has 118 valence electrons. The van der Waals surface area contributed by atoms with Crippen molar-refractivity contribution >= 4 is 33.2 Å². The Balaban J connectivity index is 2.36. The maximum Gasteiger partial charge on any atom is 0.161 e. The van der Waals surface area contributed by atoms with Crippen molar-refractivity contribution in [3.05, 3.63) is 51.6 Å². The normalized spacial score (nSPS) is 11.6. The fourth-order valence-corrected chi connectivity index (χ4v) is 2.76. The third-order valence-corrected chi connectivity index (χ3v) is 4.48. The molecule has 1 unspecified atom stereocenters. The molecule has 0 aliphatic carbocycles. The van der Waals surface area contributed by atoms with Gasteiger partial charge in [0.25, 0.3) is 0 Å². The van der Waals surface area contributed by atoms with Gasteiger partial charge in [0, 0.05) is 21.9 Å². The lowest BCUT2D eigenvalue weighted by Gasteiger charge is -2.15. The Bertz CT molecular complexity index is 780. The monoisotopic (exact) mass is 371 g/mol. The Morgan fingerprint density at radius 2 is 2.17 bits per heavy atom. The van der Waals surface area contributed by atoms with E-state index in [-0.39, 0.29) is 11.7 Å². The first-order valence-corrected chi connectivity index (χ1v) is 8.23. The van der Waals surface area contributed by atoms with Crippen LogP contribution in [0, 0.1) is 11.3 Å². The summed E-state index contributed by atoms with van der Waals surface area (Å²) in [7, 11) is 0. The van der Waals surface area contributed by atoms with Gasteiger partial charge in [0.05, 0.1) is 5.56 Å². The molecule has 1 N–H and O–H groups in total. The van der Waals surface area contributed by atoms with E-state index >= 15 is 0 Å². The van der Waals surface area contributed by atoms with Crippen LogP contribution in [0.3, 0.4) is 0 Å². The van der Waals surface area contributed by atoms with E-state index in [2.05, 4.69) is 46.1 Å². The zero-order valence-corrected chi connectivity index (χ0v) is 14.9. The number of anilines is 2. The van der Waals surface area contributed by atoms with Crippen molar-refractivity contribution in [3.8, 4) is 6.07 Å². The molecule has 1 aromatic carbocycles. The first-order chi connectivity index (χ1) is 11.0. The second-order valence-corrected chi connectivity index (χ2v) is 6.31. The van der Waals surface area contributed by atoms with Crippen LogP contribution < -0.4 is 5.32 Å². The van der Waals surface area contributed by atoms with Crippen LogP contribution in [0.4, 0.5) is 11.5 Å². The molecule has 0 saturated carbocycles. The van der Waals surface area contributed by atoms with Crippen LogP contribution in [0.2, 0.25) is 0 Å². The predicted octanol–water partition coefficient (Wildman–Crippen LogP) is 5.18. The Hall–Kier alpha value is -2.19. The lowest BCUT2D eigenvalue weighted by atomic mass is 9.93. The predicted molar refractivity (Wildman–Crippen MR) is 95.1 cm³/mol. The standard InChI is InChI=1S/C18H18BrN3O/c1-4-11(2)15-8-18(21-10-16(15)12(3)23)22-14-6-5-13(9-20)17(19)7-14/h5-8,10-11H,4H2,1-3H3,(H,21,22). The van der Waals surface area contributed by atoms with E-state index < -0.39 is 0 Å². The minimum atomic E-state index is 0.0282. The van der Waals surface area contributed by atoms with Gasteiger partial charge >= 0.3 is 0 Å². The highest BCUT2D eigenvalue weighted by molar-refractivity contribution is 9.10. The molecule has 1 atom stereocenters. The number of hydrogen-bond acceptors (Lipinski definition) is 4. The number of ketones is 1. The van der Waals surface area contributed by atoms with Gasteiger partial charge in [-0.3, -0.25) is 4.79 Å². The Kier molecular flexibility index (Phi) is 5.51. The van der Waals surface area contributed by atoms with E-state index in [0.29, 0.717) is 16.9 Å². The van der Waals surface area contributed by atoms with Gasteiger partial charge in [0.2, 0.25) is 0 Å². The lowest BCUT2D eigenvalue weighted by molar-refractivity contribution is 0.101. The molecule has 0 aliphatic heterocycles. The second-order valence-electron chi connectivity index (χ2n) is 5.45. The highest BCUT2D eigenvalue weighted by atomic mass is 79.9. The van der Waals surface area contributed by atoms with Crippen molar-refractivity contribution in [2.75, 3.05) is 5.32 Å². The van der Waals surface area contributed by atoms with E-state index in [1.165, 1.54) is 0 Å². The van der Waals surface area contributed by atoms with Crippen molar-refractivity contribution < 1.29 is 4.79 Å². The van der Waals surface area contributed by atoms with E-state index in [0.717, 1.165) is 22.1 Å². The number of aromatic nitrogens is 1. The average Bonchev–Trinajstić information content (AvgIpc) is 2.54. The first-order valence-electron chi connectivity index (χ1n) is 7.43. The van der Waals surface area contributed by atoms with Crippen LogP contribution in [-0.4, -0.2) is 10.8 Å². The van der Waals surface area contributed by atoms with Crippen molar-refractivity contribution in [3.63, 3.8) is 0 Å². The zero-order valence-electron chi connectivity index (χ0n) is 13.4. The molecule has 2 aromatic rings. The summed E-state index contributed by atoms with van der Waals surface area (Å²) >= 11 is 3.37. The van der Waals surface area contributed by atoms with Gasteiger partial charge in [-0.1, -0.05) is 13.8 Å². The summed E-state index contributed by atoms with van der Waals surface area (Å²) in [6.07, 6.45) is 2.58. The Morgan fingerprint density at radius 1 is 1.43 bits per heavy atom. The summed E-state index contributed by atoms with van der Waals surface area (Å²) in [6, 6.07) is 9.44. The van der Waals surface area contributed by atoms with Crippen LogP contribution in [0.1, 0.15) is 54.6 Å². The third-order valence-electron chi connectivity index (χ3n) is 3.82. The van der Waals surface area contributed by atoms with Gasteiger partial charge in [-0.05, 0) is 65.0 Å². The van der Waals surface area contributed by atoms with Gasteiger partial charge in [0.1, 0.15) is 11.9 Å². The molecule has 1 aromatic heterocycles. The number of hydrogen-bond donors (Lipinski definition) is 1. The van der Waals surface area contributed by atoms with Gasteiger partial charge in [-0.25, -0.2) is 4.98 Å². The Labute approximate surface area is 144 Å². The number of Topliss-reactive ketones (excluding diaryl/α,β-unsaturated/α-hetero) is 1. The molecule has 0 saturated heterocycles. The molecular formula is C18H18BrN3O. The fourth-order valence-electron chi connectivity index (χ4n) is 2.29. The quantitative estimate of drug-likeness (QED) is 0.735. The molecule has 23 heavy (non-hydrogen) atoms.